The van der Waals surface area contributed by atoms with Gasteiger partial charge < -0.3 is 9.47 Å². The number of nitro groups is 1. The Morgan fingerprint density at radius 1 is 1.21 bits per heavy atom. The fraction of sp³-hybridized carbons (Fsp3) is 0.158. The van der Waals surface area contributed by atoms with E-state index in [0.29, 0.717) is 35.5 Å². The fourth-order valence-corrected chi connectivity index (χ4v) is 3.97. The lowest BCUT2D eigenvalue weighted by Gasteiger charge is -2.18. The Kier molecular flexibility index (Phi) is 5.36. The van der Waals surface area contributed by atoms with Crippen molar-refractivity contribution in [3.63, 3.8) is 0 Å². The van der Waals surface area contributed by atoms with Crippen molar-refractivity contribution in [3.8, 4) is 22.8 Å². The summed E-state index contributed by atoms with van der Waals surface area (Å²) in [5.41, 5.74) is 1.23. The largest absolute Gasteiger partial charge is 0.486 e. The summed E-state index contributed by atoms with van der Waals surface area (Å²) in [7, 11) is 0. The first-order valence-corrected chi connectivity index (χ1v) is 10.6. The molecule has 0 fully saturated rings. The summed E-state index contributed by atoms with van der Waals surface area (Å²) < 4.78 is 11.1. The molecule has 1 aromatic heterocycles. The minimum Gasteiger partial charge on any atom is -0.486 e. The van der Waals surface area contributed by atoms with Crippen LogP contribution >= 0.6 is 23.1 Å². The summed E-state index contributed by atoms with van der Waals surface area (Å²) in [6.07, 6.45) is 1.84. The highest BCUT2D eigenvalue weighted by Gasteiger charge is 2.22. The first-order valence-electron chi connectivity index (χ1n) is 8.54. The van der Waals surface area contributed by atoms with Crippen LogP contribution in [0.1, 0.15) is 10.4 Å². The minimum absolute atomic E-state index is 0.00192. The lowest BCUT2D eigenvalue weighted by atomic mass is 10.1. The van der Waals surface area contributed by atoms with E-state index in [1.54, 1.807) is 11.4 Å². The van der Waals surface area contributed by atoms with Crippen molar-refractivity contribution >= 4 is 39.8 Å². The van der Waals surface area contributed by atoms with Crippen LogP contribution in [0.5, 0.6) is 11.5 Å². The summed E-state index contributed by atoms with van der Waals surface area (Å²) in [4.78, 5) is 28.5. The minimum atomic E-state index is -0.573. The van der Waals surface area contributed by atoms with Gasteiger partial charge in [-0.3, -0.25) is 20.2 Å². The SMILES string of the molecule is CSc1ccc([N+](=O)[O-])c(C(=O)Nc2nc(-c3ccc4c(c3)OCCO4)cs2)c1. The van der Waals surface area contributed by atoms with E-state index in [0.717, 1.165) is 10.5 Å². The molecule has 2 aromatic carbocycles. The van der Waals surface area contributed by atoms with Gasteiger partial charge in [-0.15, -0.1) is 23.1 Å². The molecule has 1 aliphatic rings. The van der Waals surface area contributed by atoms with Gasteiger partial charge in [-0.25, -0.2) is 4.98 Å². The monoisotopic (exact) mass is 429 g/mol. The molecule has 0 aliphatic carbocycles. The van der Waals surface area contributed by atoms with Gasteiger partial charge in [0, 0.05) is 21.9 Å². The van der Waals surface area contributed by atoms with E-state index in [4.69, 9.17) is 9.47 Å². The molecule has 148 valence electrons. The molecule has 1 amide bonds. The fourth-order valence-electron chi connectivity index (χ4n) is 2.81. The number of ether oxygens (including phenoxy) is 2. The molecule has 0 saturated heterocycles. The second-order valence-corrected chi connectivity index (χ2v) is 7.73. The number of nitrogens with zero attached hydrogens (tertiary/aromatic N) is 2. The number of anilines is 1. The molecule has 0 atom stereocenters. The molecule has 4 rings (SSSR count). The third kappa shape index (κ3) is 4.03. The number of aromatic nitrogens is 1. The van der Waals surface area contributed by atoms with Crippen LogP contribution in [0, 0.1) is 10.1 Å². The maximum Gasteiger partial charge on any atom is 0.282 e. The molecule has 0 bridgehead atoms. The summed E-state index contributed by atoms with van der Waals surface area (Å²) in [5.74, 6) is 0.761. The average molecular weight is 429 g/mol. The molecule has 0 unspecified atom stereocenters. The Labute approximate surface area is 174 Å². The van der Waals surface area contributed by atoms with E-state index in [1.807, 2.05) is 24.5 Å². The van der Waals surface area contributed by atoms with Gasteiger partial charge in [0.25, 0.3) is 11.6 Å². The Bertz CT molecular complexity index is 1100. The van der Waals surface area contributed by atoms with Crippen molar-refractivity contribution in [3.05, 3.63) is 57.5 Å². The number of rotatable bonds is 5. The topological polar surface area (TPSA) is 104 Å². The van der Waals surface area contributed by atoms with Crippen LogP contribution in [0.2, 0.25) is 0 Å². The quantitative estimate of drug-likeness (QED) is 0.363. The predicted molar refractivity (Wildman–Crippen MR) is 111 cm³/mol. The first-order chi connectivity index (χ1) is 14.0. The molecule has 0 radical (unpaired) electrons. The van der Waals surface area contributed by atoms with E-state index in [1.165, 1.54) is 35.2 Å². The summed E-state index contributed by atoms with van der Waals surface area (Å²) >= 11 is 2.64. The summed E-state index contributed by atoms with van der Waals surface area (Å²) in [6.45, 7) is 1.01. The second-order valence-electron chi connectivity index (χ2n) is 5.99. The predicted octanol–water partition coefficient (Wildman–Crippen LogP) is 4.46. The molecule has 3 aromatic rings. The van der Waals surface area contributed by atoms with Crippen molar-refractivity contribution in [2.45, 2.75) is 4.90 Å². The van der Waals surface area contributed by atoms with Crippen LogP contribution in [0.15, 0.2) is 46.7 Å². The van der Waals surface area contributed by atoms with Gasteiger partial charge in [0.15, 0.2) is 16.6 Å². The lowest BCUT2D eigenvalue weighted by Crippen LogP contribution is -2.15. The Morgan fingerprint density at radius 2 is 2.00 bits per heavy atom. The van der Waals surface area contributed by atoms with E-state index in [9.17, 15) is 14.9 Å². The number of amides is 1. The molecule has 29 heavy (non-hydrogen) atoms. The zero-order valence-electron chi connectivity index (χ0n) is 15.2. The summed E-state index contributed by atoms with van der Waals surface area (Å²) in [6, 6.07) is 9.97. The van der Waals surface area contributed by atoms with Gasteiger partial charge in [-0.05, 0) is 36.6 Å². The maximum atomic E-state index is 12.7. The number of hydrogen-bond acceptors (Lipinski definition) is 8. The van der Waals surface area contributed by atoms with Crippen molar-refractivity contribution in [1.82, 2.24) is 4.98 Å². The van der Waals surface area contributed by atoms with Crippen molar-refractivity contribution in [1.29, 1.82) is 0 Å². The third-order valence-corrected chi connectivity index (χ3v) is 5.69. The Hall–Kier alpha value is -3.11. The van der Waals surface area contributed by atoms with Crippen LogP contribution in [-0.4, -0.2) is 35.3 Å². The van der Waals surface area contributed by atoms with Gasteiger partial charge in [0.2, 0.25) is 0 Å². The number of benzene rings is 2. The van der Waals surface area contributed by atoms with E-state index >= 15 is 0 Å². The van der Waals surface area contributed by atoms with Crippen molar-refractivity contribution < 1.29 is 19.2 Å². The molecule has 0 saturated carbocycles. The highest BCUT2D eigenvalue weighted by Crippen LogP contribution is 2.35. The average Bonchev–Trinajstić information content (AvgIpc) is 3.21. The first kappa shape index (κ1) is 19.2. The van der Waals surface area contributed by atoms with Crippen LogP contribution in [0.4, 0.5) is 10.8 Å². The highest BCUT2D eigenvalue weighted by molar-refractivity contribution is 7.98. The molecule has 10 heteroatoms. The van der Waals surface area contributed by atoms with Crippen LogP contribution < -0.4 is 14.8 Å². The number of nitro benzene ring substituents is 1. The number of nitrogens with one attached hydrogen (secondary N) is 1. The molecular weight excluding hydrogens is 414 g/mol. The molecular formula is C19H15N3O5S2. The number of hydrogen-bond donors (Lipinski definition) is 1. The Morgan fingerprint density at radius 3 is 2.76 bits per heavy atom. The third-order valence-electron chi connectivity index (χ3n) is 4.21. The standard InChI is InChI=1S/C19H15N3O5S2/c1-28-12-3-4-15(22(24)25)13(9-12)18(23)21-19-20-14(10-29-19)11-2-5-16-17(8-11)27-7-6-26-16/h2-5,8-10H,6-7H2,1H3,(H,20,21,23). The molecule has 0 spiro atoms. The maximum absolute atomic E-state index is 12.7. The smallest absolute Gasteiger partial charge is 0.282 e. The van der Waals surface area contributed by atoms with Gasteiger partial charge in [-0.2, -0.15) is 0 Å². The van der Waals surface area contributed by atoms with Crippen LogP contribution in [-0.2, 0) is 0 Å². The number of thiazole rings is 1. The van der Waals surface area contributed by atoms with Gasteiger partial charge >= 0.3 is 0 Å². The molecule has 1 N–H and O–H groups in total. The van der Waals surface area contributed by atoms with E-state index in [-0.39, 0.29) is 11.3 Å². The lowest BCUT2D eigenvalue weighted by molar-refractivity contribution is -0.385. The number of thioether (sulfide) groups is 1. The van der Waals surface area contributed by atoms with Gasteiger partial charge in [-0.1, -0.05) is 0 Å². The van der Waals surface area contributed by atoms with E-state index < -0.39 is 10.8 Å². The molecule has 8 nitrogen and oxygen atoms in total. The highest BCUT2D eigenvalue weighted by atomic mass is 32.2. The van der Waals surface area contributed by atoms with Gasteiger partial charge in [0.05, 0.1) is 10.6 Å². The van der Waals surface area contributed by atoms with Gasteiger partial charge in [0.1, 0.15) is 18.8 Å². The van der Waals surface area contributed by atoms with E-state index in [2.05, 4.69) is 10.3 Å². The second kappa shape index (κ2) is 8.10. The van der Waals surface area contributed by atoms with Crippen molar-refractivity contribution in [2.75, 3.05) is 24.8 Å². The summed E-state index contributed by atoms with van der Waals surface area (Å²) in [5, 5.41) is 16.1. The van der Waals surface area contributed by atoms with Crippen LogP contribution in [0.3, 0.4) is 0 Å². The van der Waals surface area contributed by atoms with Crippen molar-refractivity contribution in [2.24, 2.45) is 0 Å². The molecule has 2 heterocycles. The Balaban J connectivity index is 1.57. The number of fused-ring (bicyclic) bond motifs is 1. The van der Waals surface area contributed by atoms with Crippen LogP contribution in [0.25, 0.3) is 11.3 Å². The number of carbonyl (C=O) groups excluding carboxylic acids is 1. The zero-order chi connectivity index (χ0) is 20.4. The normalized spacial score (nSPS) is 12.4. The molecule has 1 aliphatic heterocycles. The zero-order valence-corrected chi connectivity index (χ0v) is 16.8. The number of carbonyl (C=O) groups is 1.